The minimum absolute atomic E-state index is 0.193. The first-order valence-electron chi connectivity index (χ1n) is 5.58. The lowest BCUT2D eigenvalue weighted by molar-refractivity contribution is 0.102. The maximum atomic E-state index is 12.2. The van der Waals surface area contributed by atoms with E-state index in [9.17, 15) is 4.79 Å². The highest BCUT2D eigenvalue weighted by Crippen LogP contribution is 2.25. The molecule has 2 aromatic rings. The maximum absolute atomic E-state index is 12.2. The molecule has 1 amide bonds. The van der Waals surface area contributed by atoms with Crippen LogP contribution in [0.15, 0.2) is 40.9 Å². The van der Waals surface area contributed by atoms with Gasteiger partial charge in [0.1, 0.15) is 6.07 Å². The highest BCUT2D eigenvalue weighted by atomic mass is 79.9. The number of carbonyl (C=O) groups is 1. The number of nitrogens with one attached hydrogen (secondary N) is 1. The van der Waals surface area contributed by atoms with Crippen molar-refractivity contribution in [3.05, 3.63) is 57.0 Å². The van der Waals surface area contributed by atoms with Crippen molar-refractivity contribution in [2.75, 3.05) is 11.1 Å². The number of halogens is 2. The summed E-state index contributed by atoms with van der Waals surface area (Å²) in [5.41, 5.74) is 6.98. The molecule has 0 heterocycles. The number of nitrogens with two attached hydrogens (primary N) is 1. The summed E-state index contributed by atoms with van der Waals surface area (Å²) in [6.45, 7) is 0. The van der Waals surface area contributed by atoms with Crippen molar-refractivity contribution in [1.29, 1.82) is 5.26 Å². The highest BCUT2D eigenvalue weighted by molar-refractivity contribution is 9.10. The quantitative estimate of drug-likeness (QED) is 0.808. The molecule has 2 rings (SSSR count). The van der Waals surface area contributed by atoms with E-state index in [0.29, 0.717) is 11.3 Å². The predicted octanol–water partition coefficient (Wildman–Crippen LogP) is 3.81. The van der Waals surface area contributed by atoms with Crippen LogP contribution in [0.1, 0.15) is 15.9 Å². The lowest BCUT2D eigenvalue weighted by Crippen LogP contribution is -2.15. The number of nitrogens with zero attached hydrogens (tertiary/aromatic N) is 1. The Kier molecular flexibility index (Phi) is 4.28. The van der Waals surface area contributed by atoms with Gasteiger partial charge in [0.15, 0.2) is 0 Å². The van der Waals surface area contributed by atoms with E-state index < -0.39 is 5.91 Å². The molecule has 100 valence electrons. The number of carbonyl (C=O) groups excluding carboxylic acids is 1. The Balaban J connectivity index is 2.38. The zero-order valence-electron chi connectivity index (χ0n) is 10.2. The Morgan fingerprint density at radius 3 is 2.75 bits per heavy atom. The second-order valence-corrected chi connectivity index (χ2v) is 5.28. The van der Waals surface area contributed by atoms with Crippen molar-refractivity contribution < 1.29 is 4.79 Å². The van der Waals surface area contributed by atoms with Gasteiger partial charge in [-0.3, -0.25) is 4.79 Å². The fourth-order valence-electron chi connectivity index (χ4n) is 1.68. The van der Waals surface area contributed by atoms with Crippen molar-refractivity contribution in [2.24, 2.45) is 0 Å². The lowest BCUT2D eigenvalue weighted by atomic mass is 10.1. The summed E-state index contributed by atoms with van der Waals surface area (Å²) in [5, 5.41) is 11.9. The van der Waals surface area contributed by atoms with Crippen molar-refractivity contribution >= 4 is 44.8 Å². The van der Waals surface area contributed by atoms with Crippen LogP contribution in [-0.4, -0.2) is 5.91 Å². The van der Waals surface area contributed by atoms with E-state index in [1.165, 1.54) is 0 Å². The fourth-order valence-corrected chi connectivity index (χ4v) is 2.31. The molecule has 0 bridgehead atoms. The molecule has 20 heavy (non-hydrogen) atoms. The van der Waals surface area contributed by atoms with E-state index in [1.807, 2.05) is 6.07 Å². The van der Waals surface area contributed by atoms with Crippen LogP contribution in [0.4, 0.5) is 11.4 Å². The first-order chi connectivity index (χ1) is 9.52. The van der Waals surface area contributed by atoms with E-state index >= 15 is 0 Å². The smallest absolute Gasteiger partial charge is 0.259 e. The van der Waals surface area contributed by atoms with Crippen molar-refractivity contribution in [1.82, 2.24) is 0 Å². The fraction of sp³-hybridized carbons (Fsp3) is 0. The number of anilines is 2. The van der Waals surface area contributed by atoms with E-state index in [4.69, 9.17) is 22.6 Å². The van der Waals surface area contributed by atoms with E-state index in [-0.39, 0.29) is 16.3 Å². The van der Waals surface area contributed by atoms with Gasteiger partial charge >= 0.3 is 0 Å². The molecule has 0 saturated heterocycles. The third-order valence-corrected chi connectivity index (χ3v) is 3.43. The van der Waals surface area contributed by atoms with Crippen molar-refractivity contribution in [3.8, 4) is 6.07 Å². The Morgan fingerprint density at radius 1 is 1.35 bits per heavy atom. The summed E-state index contributed by atoms with van der Waals surface area (Å²) in [6, 6.07) is 11.8. The van der Waals surface area contributed by atoms with Gasteiger partial charge in [-0.15, -0.1) is 0 Å². The van der Waals surface area contributed by atoms with Gasteiger partial charge in [-0.05, 0) is 30.3 Å². The summed E-state index contributed by atoms with van der Waals surface area (Å²) >= 11 is 9.27. The SMILES string of the molecule is N#Cc1ccc(Br)cc1NC(=O)c1c(N)cccc1Cl. The summed E-state index contributed by atoms with van der Waals surface area (Å²) in [6.07, 6.45) is 0. The molecule has 2 aromatic carbocycles. The van der Waals surface area contributed by atoms with E-state index in [2.05, 4.69) is 21.2 Å². The number of benzene rings is 2. The summed E-state index contributed by atoms with van der Waals surface area (Å²) < 4.78 is 0.749. The van der Waals surface area contributed by atoms with E-state index in [1.54, 1.807) is 36.4 Å². The average Bonchev–Trinajstić information content (AvgIpc) is 2.38. The Morgan fingerprint density at radius 2 is 2.10 bits per heavy atom. The lowest BCUT2D eigenvalue weighted by Gasteiger charge is -2.10. The zero-order valence-corrected chi connectivity index (χ0v) is 12.5. The zero-order chi connectivity index (χ0) is 14.7. The Bertz CT molecular complexity index is 705. The number of nitriles is 1. The van der Waals surface area contributed by atoms with Crippen LogP contribution in [0, 0.1) is 11.3 Å². The van der Waals surface area contributed by atoms with Gasteiger partial charge < -0.3 is 11.1 Å². The number of hydrogen-bond donors (Lipinski definition) is 2. The molecule has 0 aromatic heterocycles. The molecular formula is C14H9BrClN3O. The molecule has 4 nitrogen and oxygen atoms in total. The van der Waals surface area contributed by atoms with Crippen LogP contribution in [0.25, 0.3) is 0 Å². The van der Waals surface area contributed by atoms with Crippen LogP contribution in [0.3, 0.4) is 0 Å². The molecule has 0 aliphatic carbocycles. The van der Waals surface area contributed by atoms with Gasteiger partial charge in [0.2, 0.25) is 0 Å². The minimum Gasteiger partial charge on any atom is -0.398 e. The van der Waals surface area contributed by atoms with Gasteiger partial charge in [-0.1, -0.05) is 33.6 Å². The van der Waals surface area contributed by atoms with Gasteiger partial charge in [-0.2, -0.15) is 5.26 Å². The standard InChI is InChI=1S/C14H9BrClN3O/c15-9-5-4-8(7-17)12(6-9)19-14(20)13-10(16)2-1-3-11(13)18/h1-6H,18H2,(H,19,20). The number of amides is 1. The highest BCUT2D eigenvalue weighted by Gasteiger charge is 2.15. The number of rotatable bonds is 2. The first-order valence-corrected chi connectivity index (χ1v) is 6.75. The Hall–Kier alpha value is -2.03. The molecule has 0 spiro atoms. The average molecular weight is 351 g/mol. The predicted molar refractivity (Wildman–Crippen MR) is 82.7 cm³/mol. The van der Waals surface area contributed by atoms with Crippen molar-refractivity contribution in [3.63, 3.8) is 0 Å². The number of hydrogen-bond acceptors (Lipinski definition) is 3. The largest absolute Gasteiger partial charge is 0.398 e. The monoisotopic (exact) mass is 349 g/mol. The van der Waals surface area contributed by atoms with Gasteiger partial charge in [0.25, 0.3) is 5.91 Å². The third-order valence-electron chi connectivity index (χ3n) is 2.62. The first kappa shape index (κ1) is 14.4. The molecule has 0 fully saturated rings. The maximum Gasteiger partial charge on any atom is 0.259 e. The summed E-state index contributed by atoms with van der Waals surface area (Å²) in [4.78, 5) is 12.2. The Labute approximate surface area is 129 Å². The molecule has 0 aliphatic rings. The molecule has 3 N–H and O–H groups in total. The molecule has 0 aliphatic heterocycles. The second-order valence-electron chi connectivity index (χ2n) is 3.96. The van der Waals surface area contributed by atoms with Crippen LogP contribution >= 0.6 is 27.5 Å². The molecule has 0 atom stereocenters. The van der Waals surface area contributed by atoms with Gasteiger partial charge in [0.05, 0.1) is 21.8 Å². The molecule has 6 heteroatoms. The van der Waals surface area contributed by atoms with Crippen LogP contribution in [0.5, 0.6) is 0 Å². The van der Waals surface area contributed by atoms with Crippen LogP contribution < -0.4 is 11.1 Å². The molecule has 0 saturated carbocycles. The minimum atomic E-state index is -0.456. The second kappa shape index (κ2) is 5.95. The van der Waals surface area contributed by atoms with Crippen LogP contribution in [-0.2, 0) is 0 Å². The molecular weight excluding hydrogens is 342 g/mol. The van der Waals surface area contributed by atoms with Gasteiger partial charge in [-0.25, -0.2) is 0 Å². The number of nitrogen functional groups attached to an aromatic ring is 1. The topological polar surface area (TPSA) is 78.9 Å². The summed E-state index contributed by atoms with van der Waals surface area (Å²) in [7, 11) is 0. The normalized spacial score (nSPS) is 9.85. The molecule has 0 unspecified atom stereocenters. The molecule has 0 radical (unpaired) electrons. The van der Waals surface area contributed by atoms with Gasteiger partial charge in [0, 0.05) is 10.2 Å². The summed E-state index contributed by atoms with van der Waals surface area (Å²) in [5.74, 6) is -0.456. The van der Waals surface area contributed by atoms with Crippen molar-refractivity contribution in [2.45, 2.75) is 0 Å². The van der Waals surface area contributed by atoms with Crippen LogP contribution in [0.2, 0.25) is 5.02 Å². The third kappa shape index (κ3) is 2.93. The van der Waals surface area contributed by atoms with E-state index in [0.717, 1.165) is 4.47 Å².